The number of halogens is 1. The number of hydrogen-bond donors (Lipinski definition) is 0. The summed E-state index contributed by atoms with van der Waals surface area (Å²) in [5.74, 6) is -0.256. The maximum absolute atomic E-state index is 13.7. The summed E-state index contributed by atoms with van der Waals surface area (Å²) in [5, 5.41) is 0. The lowest BCUT2D eigenvalue weighted by atomic mass is 10.1. The lowest BCUT2D eigenvalue weighted by Gasteiger charge is -2.24. The monoisotopic (exact) mass is 257 g/mol. The molecule has 3 nitrogen and oxygen atoms in total. The summed E-state index contributed by atoms with van der Waals surface area (Å²) >= 11 is 0. The number of hydrogen-bond acceptors (Lipinski definition) is 2. The molecule has 0 spiro atoms. The SMILES string of the molecule is CCS(=O)(=O)N1CCC[C@@H]1c1ccccc1F. The molecular weight excluding hydrogens is 241 g/mol. The molecule has 2 rings (SSSR count). The molecule has 1 atom stereocenters. The van der Waals surface area contributed by atoms with E-state index >= 15 is 0 Å². The van der Waals surface area contributed by atoms with Gasteiger partial charge in [0.1, 0.15) is 5.82 Å². The van der Waals surface area contributed by atoms with E-state index in [1.807, 2.05) is 0 Å². The predicted molar refractivity (Wildman–Crippen MR) is 64.5 cm³/mol. The summed E-state index contributed by atoms with van der Waals surface area (Å²) in [7, 11) is -3.25. The van der Waals surface area contributed by atoms with Crippen LogP contribution in [0.15, 0.2) is 24.3 Å². The Morgan fingerprint density at radius 3 is 2.76 bits per heavy atom. The average Bonchev–Trinajstić information content (AvgIpc) is 2.79. The van der Waals surface area contributed by atoms with Crippen LogP contribution in [0.5, 0.6) is 0 Å². The molecule has 5 heteroatoms. The van der Waals surface area contributed by atoms with E-state index in [2.05, 4.69) is 0 Å². The average molecular weight is 257 g/mol. The molecule has 1 aromatic rings. The Labute approximate surface area is 101 Å². The van der Waals surface area contributed by atoms with Gasteiger partial charge < -0.3 is 0 Å². The highest BCUT2D eigenvalue weighted by Crippen LogP contribution is 2.35. The molecular formula is C12H16FNO2S. The van der Waals surface area contributed by atoms with Crippen molar-refractivity contribution in [2.75, 3.05) is 12.3 Å². The van der Waals surface area contributed by atoms with Crippen LogP contribution >= 0.6 is 0 Å². The topological polar surface area (TPSA) is 37.4 Å². The molecule has 1 aliphatic heterocycles. The zero-order valence-corrected chi connectivity index (χ0v) is 10.6. The molecule has 94 valence electrons. The molecule has 0 radical (unpaired) electrons. The highest BCUT2D eigenvalue weighted by Gasteiger charge is 2.35. The number of sulfonamides is 1. The third kappa shape index (κ3) is 2.35. The van der Waals surface area contributed by atoms with Crippen molar-refractivity contribution in [1.29, 1.82) is 0 Å². The third-order valence-electron chi connectivity index (χ3n) is 3.19. The van der Waals surface area contributed by atoms with Gasteiger partial charge in [-0.15, -0.1) is 0 Å². The van der Waals surface area contributed by atoms with Gasteiger partial charge in [-0.25, -0.2) is 12.8 Å². The fourth-order valence-corrected chi connectivity index (χ4v) is 3.64. The minimum absolute atomic E-state index is 0.0674. The number of benzene rings is 1. The van der Waals surface area contributed by atoms with Crippen molar-refractivity contribution in [2.24, 2.45) is 0 Å². The van der Waals surface area contributed by atoms with Gasteiger partial charge in [-0.2, -0.15) is 4.31 Å². The second-order valence-corrected chi connectivity index (χ2v) is 6.40. The van der Waals surface area contributed by atoms with Crippen LogP contribution in [-0.2, 0) is 10.0 Å². The normalized spacial score (nSPS) is 21.9. The molecule has 1 heterocycles. The van der Waals surface area contributed by atoms with E-state index < -0.39 is 10.0 Å². The number of nitrogens with zero attached hydrogens (tertiary/aromatic N) is 1. The Hall–Kier alpha value is -0.940. The molecule has 0 bridgehead atoms. The van der Waals surface area contributed by atoms with E-state index in [9.17, 15) is 12.8 Å². The van der Waals surface area contributed by atoms with Crippen LogP contribution in [-0.4, -0.2) is 25.0 Å². The molecule has 17 heavy (non-hydrogen) atoms. The molecule has 1 aliphatic rings. The van der Waals surface area contributed by atoms with Gasteiger partial charge in [-0.3, -0.25) is 0 Å². The standard InChI is InChI=1S/C12H16FNO2S/c1-2-17(15,16)14-9-5-8-12(14)10-6-3-4-7-11(10)13/h3-4,6-7,12H,2,5,8-9H2,1H3/t12-/m1/s1. The van der Waals surface area contributed by atoms with Gasteiger partial charge in [0, 0.05) is 12.1 Å². The molecule has 0 aliphatic carbocycles. The van der Waals surface area contributed by atoms with Crippen LogP contribution in [0.4, 0.5) is 4.39 Å². The Kier molecular flexibility index (Phi) is 3.49. The summed E-state index contributed by atoms with van der Waals surface area (Å²) in [6, 6.07) is 6.08. The van der Waals surface area contributed by atoms with Crippen LogP contribution < -0.4 is 0 Å². The van der Waals surface area contributed by atoms with Gasteiger partial charge in [-0.05, 0) is 25.8 Å². The predicted octanol–water partition coefficient (Wildman–Crippen LogP) is 2.31. The maximum Gasteiger partial charge on any atom is 0.214 e. The first-order valence-electron chi connectivity index (χ1n) is 5.80. The summed E-state index contributed by atoms with van der Waals surface area (Å²) in [6.45, 7) is 2.11. The molecule has 1 aromatic carbocycles. The van der Waals surface area contributed by atoms with E-state index in [0.717, 1.165) is 6.42 Å². The highest BCUT2D eigenvalue weighted by molar-refractivity contribution is 7.89. The van der Waals surface area contributed by atoms with E-state index in [1.54, 1.807) is 25.1 Å². The van der Waals surface area contributed by atoms with Gasteiger partial charge in [-0.1, -0.05) is 18.2 Å². The molecule has 0 saturated carbocycles. The fourth-order valence-electron chi connectivity index (χ4n) is 2.30. The van der Waals surface area contributed by atoms with Crippen molar-refractivity contribution >= 4 is 10.0 Å². The van der Waals surface area contributed by atoms with E-state index in [4.69, 9.17) is 0 Å². The van der Waals surface area contributed by atoms with Crippen molar-refractivity contribution in [3.8, 4) is 0 Å². The zero-order valence-electron chi connectivity index (χ0n) is 9.77. The van der Waals surface area contributed by atoms with Gasteiger partial charge >= 0.3 is 0 Å². The van der Waals surface area contributed by atoms with Crippen LogP contribution in [0, 0.1) is 5.82 Å². The Bertz CT molecular complexity index is 501. The maximum atomic E-state index is 13.7. The largest absolute Gasteiger partial charge is 0.214 e. The second kappa shape index (κ2) is 4.74. The minimum Gasteiger partial charge on any atom is -0.212 e. The lowest BCUT2D eigenvalue weighted by molar-refractivity contribution is 0.387. The molecule has 0 aromatic heterocycles. The Morgan fingerprint density at radius 1 is 1.41 bits per heavy atom. The molecule has 1 fully saturated rings. The fraction of sp³-hybridized carbons (Fsp3) is 0.500. The number of rotatable bonds is 3. The summed E-state index contributed by atoms with van der Waals surface area (Å²) < 4.78 is 38.9. The molecule has 1 saturated heterocycles. The van der Waals surface area contributed by atoms with Crippen molar-refractivity contribution in [2.45, 2.75) is 25.8 Å². The molecule has 0 amide bonds. The van der Waals surface area contributed by atoms with Gasteiger partial charge in [0.2, 0.25) is 10.0 Å². The van der Waals surface area contributed by atoms with Gasteiger partial charge in [0.25, 0.3) is 0 Å². The first-order chi connectivity index (χ1) is 8.06. The third-order valence-corrected chi connectivity index (χ3v) is 5.07. The van der Waals surface area contributed by atoms with Crippen molar-refractivity contribution in [1.82, 2.24) is 4.31 Å². The second-order valence-electron chi connectivity index (χ2n) is 4.19. The smallest absolute Gasteiger partial charge is 0.212 e. The zero-order chi connectivity index (χ0) is 12.5. The van der Waals surface area contributed by atoms with Crippen molar-refractivity contribution in [3.05, 3.63) is 35.6 Å². The van der Waals surface area contributed by atoms with Crippen LogP contribution in [0.25, 0.3) is 0 Å². The summed E-state index contributed by atoms with van der Waals surface area (Å²) in [4.78, 5) is 0. The Balaban J connectivity index is 2.36. The van der Waals surface area contributed by atoms with Gasteiger partial charge in [0.05, 0.1) is 11.8 Å². The first kappa shape index (κ1) is 12.5. The molecule has 0 N–H and O–H groups in total. The highest BCUT2D eigenvalue weighted by atomic mass is 32.2. The molecule has 0 unspecified atom stereocenters. The lowest BCUT2D eigenvalue weighted by Crippen LogP contribution is -2.32. The summed E-state index contributed by atoms with van der Waals surface area (Å²) in [6.07, 6.45) is 1.48. The van der Waals surface area contributed by atoms with Gasteiger partial charge in [0.15, 0.2) is 0 Å². The van der Waals surface area contributed by atoms with E-state index in [0.29, 0.717) is 18.5 Å². The van der Waals surface area contributed by atoms with Crippen LogP contribution in [0.3, 0.4) is 0 Å². The quantitative estimate of drug-likeness (QED) is 0.833. The van der Waals surface area contributed by atoms with Crippen LogP contribution in [0.1, 0.15) is 31.4 Å². The Morgan fingerprint density at radius 2 is 2.12 bits per heavy atom. The van der Waals surface area contributed by atoms with E-state index in [1.165, 1.54) is 10.4 Å². The van der Waals surface area contributed by atoms with Crippen LogP contribution in [0.2, 0.25) is 0 Å². The minimum atomic E-state index is -3.25. The van der Waals surface area contributed by atoms with Crippen molar-refractivity contribution in [3.63, 3.8) is 0 Å². The first-order valence-corrected chi connectivity index (χ1v) is 7.41. The summed E-state index contributed by atoms with van der Waals surface area (Å²) in [5.41, 5.74) is 0.488. The van der Waals surface area contributed by atoms with Crippen molar-refractivity contribution < 1.29 is 12.8 Å². The van der Waals surface area contributed by atoms with E-state index in [-0.39, 0.29) is 17.6 Å².